The summed E-state index contributed by atoms with van der Waals surface area (Å²) in [6, 6.07) is 0.708. The normalized spacial score (nSPS) is 21.8. The van der Waals surface area contributed by atoms with Crippen LogP contribution in [-0.2, 0) is 0 Å². The lowest BCUT2D eigenvalue weighted by molar-refractivity contribution is 0.114. The molecule has 0 radical (unpaired) electrons. The molecule has 2 nitrogen and oxygen atoms in total. The van der Waals surface area contributed by atoms with Gasteiger partial charge in [-0.15, -0.1) is 0 Å². The van der Waals surface area contributed by atoms with Crippen molar-refractivity contribution in [1.82, 2.24) is 5.32 Å². The van der Waals surface area contributed by atoms with Gasteiger partial charge in [0.05, 0.1) is 6.10 Å². The van der Waals surface area contributed by atoms with Gasteiger partial charge in [0, 0.05) is 6.04 Å². The number of aliphatic hydroxyl groups excluding tert-OH is 1. The van der Waals surface area contributed by atoms with Gasteiger partial charge in [0.2, 0.25) is 0 Å². The average Bonchev–Trinajstić information content (AvgIpc) is 2.20. The third-order valence-corrected chi connectivity index (χ3v) is 3.75. The molecule has 1 fully saturated rings. The summed E-state index contributed by atoms with van der Waals surface area (Å²) in [5, 5.41) is 13.3. The van der Waals surface area contributed by atoms with Crippen molar-refractivity contribution >= 4 is 0 Å². The molecular weight excluding hydrogens is 198 g/mol. The van der Waals surface area contributed by atoms with E-state index in [2.05, 4.69) is 19.2 Å². The number of hydrogen-bond donors (Lipinski definition) is 2. The van der Waals surface area contributed by atoms with Crippen LogP contribution in [0.4, 0.5) is 0 Å². The summed E-state index contributed by atoms with van der Waals surface area (Å²) in [5.41, 5.74) is 0. The van der Waals surface area contributed by atoms with Gasteiger partial charge in [0.1, 0.15) is 0 Å². The van der Waals surface area contributed by atoms with Gasteiger partial charge in [-0.2, -0.15) is 0 Å². The fourth-order valence-electron chi connectivity index (χ4n) is 2.43. The van der Waals surface area contributed by atoms with Gasteiger partial charge in [-0.1, -0.05) is 46.0 Å². The molecule has 1 aliphatic rings. The quantitative estimate of drug-likeness (QED) is 0.756. The van der Waals surface area contributed by atoms with Crippen molar-refractivity contribution in [2.45, 2.75) is 77.4 Å². The topological polar surface area (TPSA) is 32.3 Å². The van der Waals surface area contributed by atoms with Crippen LogP contribution < -0.4 is 5.32 Å². The van der Waals surface area contributed by atoms with Gasteiger partial charge in [0.15, 0.2) is 0 Å². The molecule has 0 aromatic rings. The SMILES string of the molecule is CC(C)C(O)CCNC1CCCCCCC1. The Morgan fingerprint density at radius 1 is 1.06 bits per heavy atom. The van der Waals surface area contributed by atoms with Gasteiger partial charge in [0.25, 0.3) is 0 Å². The minimum atomic E-state index is -0.138. The molecule has 0 spiro atoms. The molecule has 96 valence electrons. The molecule has 2 N–H and O–H groups in total. The molecule has 2 heteroatoms. The van der Waals surface area contributed by atoms with Crippen LogP contribution in [0.1, 0.15) is 65.2 Å². The van der Waals surface area contributed by atoms with Crippen LogP contribution in [0.3, 0.4) is 0 Å². The first-order chi connectivity index (χ1) is 7.70. The van der Waals surface area contributed by atoms with Crippen molar-refractivity contribution in [1.29, 1.82) is 0 Å². The standard InChI is InChI=1S/C14H29NO/c1-12(2)14(16)10-11-15-13-8-6-4-3-5-7-9-13/h12-16H,3-11H2,1-2H3. The molecule has 0 aromatic carbocycles. The molecule has 1 aliphatic carbocycles. The predicted molar refractivity (Wildman–Crippen MR) is 69.6 cm³/mol. The Bertz CT molecular complexity index is 162. The van der Waals surface area contributed by atoms with Crippen LogP contribution >= 0.6 is 0 Å². The Morgan fingerprint density at radius 3 is 2.19 bits per heavy atom. The third-order valence-electron chi connectivity index (χ3n) is 3.75. The monoisotopic (exact) mass is 227 g/mol. The zero-order valence-corrected chi connectivity index (χ0v) is 11.0. The summed E-state index contributed by atoms with van der Waals surface area (Å²) in [6.07, 6.45) is 10.4. The van der Waals surface area contributed by atoms with Gasteiger partial charge in [-0.05, 0) is 31.7 Å². The number of rotatable bonds is 5. The van der Waals surface area contributed by atoms with Crippen LogP contribution in [0.5, 0.6) is 0 Å². The second-order valence-electron chi connectivity index (χ2n) is 5.60. The van der Waals surface area contributed by atoms with E-state index in [-0.39, 0.29) is 6.10 Å². The maximum atomic E-state index is 9.72. The zero-order valence-electron chi connectivity index (χ0n) is 11.0. The Morgan fingerprint density at radius 2 is 1.62 bits per heavy atom. The second kappa shape index (κ2) is 8.08. The largest absolute Gasteiger partial charge is 0.393 e. The summed E-state index contributed by atoms with van der Waals surface area (Å²) in [5.74, 6) is 0.388. The molecule has 1 atom stereocenters. The minimum Gasteiger partial charge on any atom is -0.393 e. The van der Waals surface area contributed by atoms with Gasteiger partial charge in [-0.25, -0.2) is 0 Å². The highest BCUT2D eigenvalue weighted by molar-refractivity contribution is 4.71. The molecule has 0 amide bonds. The summed E-state index contributed by atoms with van der Waals surface area (Å²) < 4.78 is 0. The highest BCUT2D eigenvalue weighted by Gasteiger charge is 2.12. The third kappa shape index (κ3) is 5.86. The van der Waals surface area contributed by atoms with Crippen molar-refractivity contribution in [3.05, 3.63) is 0 Å². The summed E-state index contributed by atoms with van der Waals surface area (Å²) >= 11 is 0. The van der Waals surface area contributed by atoms with Crippen molar-refractivity contribution in [2.75, 3.05) is 6.54 Å². The molecule has 1 saturated carbocycles. The Balaban J connectivity index is 2.10. The van der Waals surface area contributed by atoms with E-state index in [4.69, 9.17) is 0 Å². The number of hydrogen-bond acceptors (Lipinski definition) is 2. The number of nitrogens with one attached hydrogen (secondary N) is 1. The fraction of sp³-hybridized carbons (Fsp3) is 1.00. The minimum absolute atomic E-state index is 0.138. The van der Waals surface area contributed by atoms with Crippen molar-refractivity contribution in [3.63, 3.8) is 0 Å². The molecule has 0 heterocycles. The van der Waals surface area contributed by atoms with E-state index in [0.717, 1.165) is 13.0 Å². The van der Waals surface area contributed by atoms with E-state index in [1.54, 1.807) is 0 Å². The molecule has 0 bridgehead atoms. The predicted octanol–water partition coefficient (Wildman–Crippen LogP) is 3.10. The fourth-order valence-corrected chi connectivity index (χ4v) is 2.43. The lowest BCUT2D eigenvalue weighted by Gasteiger charge is -2.22. The highest BCUT2D eigenvalue weighted by Crippen LogP contribution is 2.17. The van der Waals surface area contributed by atoms with Gasteiger partial charge in [-0.3, -0.25) is 0 Å². The van der Waals surface area contributed by atoms with Gasteiger partial charge >= 0.3 is 0 Å². The van der Waals surface area contributed by atoms with Crippen LogP contribution in [-0.4, -0.2) is 23.8 Å². The van der Waals surface area contributed by atoms with E-state index >= 15 is 0 Å². The first kappa shape index (κ1) is 14.0. The second-order valence-corrected chi connectivity index (χ2v) is 5.60. The van der Waals surface area contributed by atoms with Crippen LogP contribution in [0.25, 0.3) is 0 Å². The maximum absolute atomic E-state index is 9.72. The Hall–Kier alpha value is -0.0800. The number of aliphatic hydroxyl groups is 1. The van der Waals surface area contributed by atoms with Crippen molar-refractivity contribution in [2.24, 2.45) is 5.92 Å². The molecular formula is C14H29NO. The molecule has 1 unspecified atom stereocenters. The summed E-state index contributed by atoms with van der Waals surface area (Å²) in [4.78, 5) is 0. The van der Waals surface area contributed by atoms with E-state index < -0.39 is 0 Å². The van der Waals surface area contributed by atoms with E-state index in [1.165, 1.54) is 44.9 Å². The summed E-state index contributed by atoms with van der Waals surface area (Å²) in [6.45, 7) is 5.14. The van der Waals surface area contributed by atoms with E-state index in [1.807, 2.05) is 0 Å². The van der Waals surface area contributed by atoms with E-state index in [0.29, 0.717) is 12.0 Å². The molecule has 0 aromatic heterocycles. The summed E-state index contributed by atoms with van der Waals surface area (Å²) in [7, 11) is 0. The molecule has 1 rings (SSSR count). The highest BCUT2D eigenvalue weighted by atomic mass is 16.3. The van der Waals surface area contributed by atoms with Crippen LogP contribution in [0.15, 0.2) is 0 Å². The van der Waals surface area contributed by atoms with Crippen molar-refractivity contribution in [3.8, 4) is 0 Å². The Labute approximate surface area is 101 Å². The lowest BCUT2D eigenvalue weighted by Crippen LogP contribution is -2.33. The molecule has 0 aliphatic heterocycles. The first-order valence-electron chi connectivity index (χ1n) is 7.11. The first-order valence-corrected chi connectivity index (χ1v) is 7.11. The smallest absolute Gasteiger partial charge is 0.0575 e. The van der Waals surface area contributed by atoms with Crippen LogP contribution in [0, 0.1) is 5.92 Å². The zero-order chi connectivity index (χ0) is 11.8. The van der Waals surface area contributed by atoms with Crippen molar-refractivity contribution < 1.29 is 5.11 Å². The van der Waals surface area contributed by atoms with E-state index in [9.17, 15) is 5.11 Å². The lowest BCUT2D eigenvalue weighted by atomic mass is 9.96. The average molecular weight is 227 g/mol. The molecule has 0 saturated heterocycles. The van der Waals surface area contributed by atoms with Gasteiger partial charge < -0.3 is 10.4 Å². The van der Waals surface area contributed by atoms with Crippen LogP contribution in [0.2, 0.25) is 0 Å². The maximum Gasteiger partial charge on any atom is 0.0575 e. The Kier molecular flexibility index (Phi) is 7.06. The molecule has 16 heavy (non-hydrogen) atoms.